The van der Waals surface area contributed by atoms with Gasteiger partial charge in [0.2, 0.25) is 0 Å². The Balaban J connectivity index is 1.52. The predicted molar refractivity (Wildman–Crippen MR) is 124 cm³/mol. The summed E-state index contributed by atoms with van der Waals surface area (Å²) in [6.07, 6.45) is 12.9. The number of hydrogen-bond donors (Lipinski definition) is 3. The number of hydrogen-bond acceptors (Lipinski definition) is 8. The topological polar surface area (TPSA) is 127 Å². The molecule has 0 bridgehead atoms. The fourth-order valence-corrected chi connectivity index (χ4v) is 3.54. The first kappa shape index (κ1) is 23.1. The second-order valence-corrected chi connectivity index (χ2v) is 7.81. The number of nitrogens with one attached hydrogen (secondary N) is 2. The quantitative estimate of drug-likeness (QED) is 0.438. The van der Waals surface area contributed by atoms with Crippen molar-refractivity contribution in [2.75, 3.05) is 30.8 Å². The van der Waals surface area contributed by atoms with Crippen molar-refractivity contribution >= 4 is 23.9 Å². The van der Waals surface area contributed by atoms with E-state index in [4.69, 9.17) is 15.3 Å². The van der Waals surface area contributed by atoms with Crippen LogP contribution in [-0.4, -0.2) is 54.6 Å². The van der Waals surface area contributed by atoms with Crippen LogP contribution in [0.4, 0.5) is 16.4 Å². The molecule has 0 aromatic carbocycles. The van der Waals surface area contributed by atoms with Gasteiger partial charge in [0, 0.05) is 31.2 Å². The number of carbonyl (C=O) groups is 1. The molecule has 2 amide bonds. The molecule has 2 heterocycles. The minimum atomic E-state index is -0.205. The van der Waals surface area contributed by atoms with Crippen molar-refractivity contribution in [1.29, 1.82) is 0 Å². The average Bonchev–Trinajstić information content (AvgIpc) is 2.97. The third kappa shape index (κ3) is 6.47. The van der Waals surface area contributed by atoms with E-state index in [0.29, 0.717) is 23.6 Å². The lowest BCUT2D eigenvalue weighted by molar-refractivity contribution is 0.158. The molecule has 1 fully saturated rings. The Morgan fingerprint density at radius 3 is 2.81 bits per heavy atom. The van der Waals surface area contributed by atoms with E-state index >= 15 is 0 Å². The molecule has 3 rings (SSSR count). The Morgan fingerprint density at radius 2 is 2.09 bits per heavy atom. The molecule has 0 radical (unpaired) electrons. The molecule has 32 heavy (non-hydrogen) atoms. The zero-order valence-corrected chi connectivity index (χ0v) is 18.7. The normalized spacial score (nSPS) is 17.1. The van der Waals surface area contributed by atoms with Crippen molar-refractivity contribution in [3.8, 4) is 0 Å². The van der Waals surface area contributed by atoms with E-state index in [0.717, 1.165) is 37.4 Å². The van der Waals surface area contributed by atoms with Gasteiger partial charge in [0.15, 0.2) is 0 Å². The zero-order valence-electron chi connectivity index (χ0n) is 18.7. The number of ether oxygens (including phenoxy) is 1. The van der Waals surface area contributed by atoms with Crippen LogP contribution >= 0.6 is 0 Å². The Morgan fingerprint density at radius 1 is 1.31 bits per heavy atom. The van der Waals surface area contributed by atoms with E-state index in [-0.39, 0.29) is 18.2 Å². The summed E-state index contributed by atoms with van der Waals surface area (Å²) in [4.78, 5) is 27.8. The number of rotatable bonds is 7. The molecule has 1 aromatic rings. The summed E-state index contributed by atoms with van der Waals surface area (Å²) in [7, 11) is 1.47. The van der Waals surface area contributed by atoms with Crippen molar-refractivity contribution in [2.24, 2.45) is 5.16 Å². The van der Waals surface area contributed by atoms with Gasteiger partial charge in [-0.25, -0.2) is 14.8 Å². The van der Waals surface area contributed by atoms with Crippen LogP contribution in [-0.2, 0) is 9.57 Å². The number of nitrogen functional groups attached to an aromatic ring is 1. The molecule has 2 aliphatic rings. The minimum Gasteiger partial charge on any atom is -0.491 e. The van der Waals surface area contributed by atoms with E-state index in [2.05, 4.69) is 30.7 Å². The number of carbonyl (C=O) groups excluding carboxylic acids is 1. The van der Waals surface area contributed by atoms with Gasteiger partial charge in [-0.2, -0.15) is 0 Å². The highest BCUT2D eigenvalue weighted by molar-refractivity contribution is 5.91. The van der Waals surface area contributed by atoms with Crippen LogP contribution in [0.1, 0.15) is 38.7 Å². The molecule has 0 saturated carbocycles. The molecule has 1 aromatic heterocycles. The molecular formula is C22H31N7O3. The van der Waals surface area contributed by atoms with E-state index in [1.54, 1.807) is 0 Å². The van der Waals surface area contributed by atoms with Crippen molar-refractivity contribution in [3.63, 3.8) is 0 Å². The van der Waals surface area contributed by atoms with Crippen LogP contribution in [0.5, 0.6) is 0 Å². The van der Waals surface area contributed by atoms with Gasteiger partial charge in [-0.15, -0.1) is 0 Å². The third-order valence-electron chi connectivity index (χ3n) is 5.03. The number of oxime groups is 1. The van der Waals surface area contributed by atoms with Gasteiger partial charge in [0.1, 0.15) is 30.8 Å². The van der Waals surface area contributed by atoms with Crippen LogP contribution in [0.3, 0.4) is 0 Å². The van der Waals surface area contributed by atoms with Crippen molar-refractivity contribution in [3.05, 3.63) is 47.7 Å². The van der Waals surface area contributed by atoms with Gasteiger partial charge in [-0.1, -0.05) is 11.2 Å². The number of piperidine rings is 1. The van der Waals surface area contributed by atoms with Crippen LogP contribution in [0.15, 0.2) is 47.2 Å². The highest BCUT2D eigenvalue weighted by Crippen LogP contribution is 2.23. The van der Waals surface area contributed by atoms with Crippen LogP contribution in [0.25, 0.3) is 0 Å². The fraction of sp³-hybridized carbons (Fsp3) is 0.455. The zero-order chi connectivity index (χ0) is 22.9. The summed E-state index contributed by atoms with van der Waals surface area (Å²) < 4.78 is 5.69. The van der Waals surface area contributed by atoms with Crippen LogP contribution < -0.4 is 21.3 Å². The number of allylic oxidation sites excluding steroid dienone is 4. The lowest BCUT2D eigenvalue weighted by Gasteiger charge is -2.33. The third-order valence-corrected chi connectivity index (χ3v) is 5.03. The Bertz CT molecular complexity index is 916. The maximum atomic E-state index is 12.5. The first-order valence-electron chi connectivity index (χ1n) is 10.7. The van der Waals surface area contributed by atoms with Gasteiger partial charge in [0.25, 0.3) is 0 Å². The van der Waals surface area contributed by atoms with Crippen molar-refractivity contribution in [2.45, 2.75) is 45.3 Å². The highest BCUT2D eigenvalue weighted by Gasteiger charge is 2.24. The number of nitrogens with zero attached hydrogens (tertiary/aromatic N) is 4. The maximum absolute atomic E-state index is 12.5. The first-order chi connectivity index (χ1) is 15.5. The predicted octanol–water partition coefficient (Wildman–Crippen LogP) is 2.46. The van der Waals surface area contributed by atoms with Gasteiger partial charge in [-0.3, -0.25) is 0 Å². The second kappa shape index (κ2) is 11.2. The number of amides is 2. The SMILES string of the molecule is CO/N=C/c1c(N)ncnc1N1CCC(NC(=O)NC2=CC=C(OC(C)C)C=CC2)CC1. The minimum absolute atomic E-state index is 0.0684. The summed E-state index contributed by atoms with van der Waals surface area (Å²) in [5.41, 5.74) is 7.42. The summed E-state index contributed by atoms with van der Waals surface area (Å²) in [6, 6.07) is -0.136. The van der Waals surface area contributed by atoms with Gasteiger partial charge in [0.05, 0.1) is 17.9 Å². The number of aromatic nitrogens is 2. The molecule has 1 aliphatic heterocycles. The summed E-state index contributed by atoms with van der Waals surface area (Å²) >= 11 is 0. The molecule has 172 valence electrons. The Hall–Kier alpha value is -3.56. The highest BCUT2D eigenvalue weighted by atomic mass is 16.6. The van der Waals surface area contributed by atoms with E-state index in [9.17, 15) is 4.79 Å². The number of anilines is 2. The van der Waals surface area contributed by atoms with E-state index in [1.165, 1.54) is 19.7 Å². The lowest BCUT2D eigenvalue weighted by atomic mass is 10.0. The molecule has 0 atom stereocenters. The molecule has 10 heteroatoms. The first-order valence-corrected chi connectivity index (χ1v) is 10.7. The Kier molecular flexibility index (Phi) is 8.07. The maximum Gasteiger partial charge on any atom is 0.319 e. The van der Waals surface area contributed by atoms with Crippen LogP contribution in [0, 0.1) is 0 Å². The van der Waals surface area contributed by atoms with Crippen LogP contribution in [0.2, 0.25) is 0 Å². The smallest absolute Gasteiger partial charge is 0.319 e. The standard InChI is InChI=1S/C22H31N7O3/c1-15(2)32-18-6-4-5-16(7-8-18)27-22(30)28-17-9-11-29(12-10-17)21-19(13-26-31-3)20(23)24-14-25-21/h4,6-8,13-15,17H,5,9-12H2,1-3H3,(H2,23,24,25)(H2,27,28,30)/b26-13+. The van der Waals surface area contributed by atoms with Gasteiger partial charge < -0.3 is 30.8 Å². The van der Waals surface area contributed by atoms with E-state index in [1.807, 2.05) is 38.2 Å². The Labute approximate surface area is 188 Å². The monoisotopic (exact) mass is 441 g/mol. The summed E-state index contributed by atoms with van der Waals surface area (Å²) in [5, 5.41) is 9.80. The van der Waals surface area contributed by atoms with Gasteiger partial charge in [-0.05, 0) is 44.9 Å². The number of urea groups is 1. The van der Waals surface area contributed by atoms with Gasteiger partial charge >= 0.3 is 6.03 Å². The fourth-order valence-electron chi connectivity index (χ4n) is 3.54. The van der Waals surface area contributed by atoms with Crippen molar-refractivity contribution < 1.29 is 14.4 Å². The second-order valence-electron chi connectivity index (χ2n) is 7.81. The number of nitrogens with two attached hydrogens (primary N) is 1. The molecular weight excluding hydrogens is 410 g/mol. The molecule has 0 spiro atoms. The molecule has 10 nitrogen and oxygen atoms in total. The van der Waals surface area contributed by atoms with E-state index < -0.39 is 0 Å². The summed E-state index contributed by atoms with van der Waals surface area (Å²) in [5.74, 6) is 1.84. The summed E-state index contributed by atoms with van der Waals surface area (Å²) in [6.45, 7) is 5.41. The lowest BCUT2D eigenvalue weighted by Crippen LogP contribution is -2.48. The van der Waals surface area contributed by atoms with Crippen molar-refractivity contribution in [1.82, 2.24) is 20.6 Å². The molecule has 1 aliphatic carbocycles. The largest absolute Gasteiger partial charge is 0.491 e. The molecule has 1 saturated heterocycles. The molecule has 0 unspecified atom stereocenters. The molecule has 4 N–H and O–H groups in total. The average molecular weight is 442 g/mol.